The van der Waals surface area contributed by atoms with Crippen LogP contribution in [-0.2, 0) is 0 Å². The molecule has 160 valence electrons. The second-order valence-corrected chi connectivity index (χ2v) is 8.47. The van der Waals surface area contributed by atoms with Gasteiger partial charge in [0.2, 0.25) is 0 Å². The van der Waals surface area contributed by atoms with Gasteiger partial charge in [-0.1, -0.05) is 32.8 Å². The Balaban J connectivity index is 1.65. The fraction of sp³-hybridized carbons (Fsp3) is 0.409. The number of nitrogens with one attached hydrogen (secondary N) is 1. The summed E-state index contributed by atoms with van der Waals surface area (Å²) in [5.41, 5.74) is 8.23. The Bertz CT molecular complexity index is 1070. The van der Waals surface area contributed by atoms with Gasteiger partial charge in [-0.15, -0.1) is 0 Å². The number of aromatic nitrogens is 2. The average molecular weight is 419 g/mol. The minimum absolute atomic E-state index is 0.0673. The Morgan fingerprint density at radius 2 is 2.19 bits per heavy atom. The summed E-state index contributed by atoms with van der Waals surface area (Å²) >= 11 is 0. The van der Waals surface area contributed by atoms with Crippen LogP contribution in [0.5, 0.6) is 5.75 Å². The maximum Gasteiger partial charge on any atom is 0.556 e. The lowest BCUT2D eigenvalue weighted by atomic mass is 9.70. The van der Waals surface area contributed by atoms with Gasteiger partial charge in [0.15, 0.2) is 5.82 Å². The van der Waals surface area contributed by atoms with Gasteiger partial charge in [0.25, 0.3) is 5.91 Å². The number of fused-ring (bicyclic) bond motifs is 1. The highest BCUT2D eigenvalue weighted by Gasteiger charge is 2.30. The maximum atomic E-state index is 12.1. The molecule has 4 rings (SSSR count). The molecule has 1 aromatic carbocycles. The number of amides is 1. The van der Waals surface area contributed by atoms with Crippen molar-refractivity contribution in [2.75, 3.05) is 5.32 Å². The first-order chi connectivity index (χ1) is 14.9. The van der Waals surface area contributed by atoms with Crippen LogP contribution in [0.15, 0.2) is 29.9 Å². The van der Waals surface area contributed by atoms with Crippen molar-refractivity contribution in [2.45, 2.75) is 45.6 Å². The zero-order valence-corrected chi connectivity index (χ0v) is 17.7. The first kappa shape index (κ1) is 21.0. The second-order valence-electron chi connectivity index (χ2n) is 8.47. The molecule has 2 heterocycles. The highest BCUT2D eigenvalue weighted by Crippen LogP contribution is 2.36. The van der Waals surface area contributed by atoms with E-state index in [1.165, 1.54) is 0 Å². The topological polar surface area (TPSA) is 126 Å². The third kappa shape index (κ3) is 4.16. The average Bonchev–Trinajstić information content (AvgIpc) is 3.17. The molecular weight excluding hydrogens is 393 g/mol. The summed E-state index contributed by atoms with van der Waals surface area (Å²) in [4.78, 5) is 12.1. The number of nitrogens with two attached hydrogens (primary N) is 1. The van der Waals surface area contributed by atoms with Crippen molar-refractivity contribution in [1.29, 1.82) is 5.26 Å². The van der Waals surface area contributed by atoms with Crippen molar-refractivity contribution in [3.05, 3.63) is 41.0 Å². The van der Waals surface area contributed by atoms with E-state index in [9.17, 15) is 15.1 Å². The Kier molecular flexibility index (Phi) is 5.74. The highest BCUT2D eigenvalue weighted by molar-refractivity contribution is 6.55. The molecule has 8 nitrogen and oxygen atoms in total. The summed E-state index contributed by atoms with van der Waals surface area (Å²) in [5, 5.41) is 27.4. The minimum Gasteiger partial charge on any atom is -0.532 e. The molecule has 2 aliphatic rings. The summed E-state index contributed by atoms with van der Waals surface area (Å²) < 4.78 is 7.33. The van der Waals surface area contributed by atoms with Crippen molar-refractivity contribution in [3.63, 3.8) is 0 Å². The predicted molar refractivity (Wildman–Crippen MR) is 118 cm³/mol. The summed E-state index contributed by atoms with van der Waals surface area (Å²) in [6.07, 6.45) is 7.29. The number of primary amides is 1. The first-order valence-corrected chi connectivity index (χ1v) is 10.6. The Labute approximate surface area is 181 Å². The maximum absolute atomic E-state index is 12.1. The molecule has 1 aliphatic carbocycles. The van der Waals surface area contributed by atoms with E-state index in [-0.39, 0.29) is 23.4 Å². The van der Waals surface area contributed by atoms with E-state index < -0.39 is 13.0 Å². The standard InChI is InChI=1S/C22H26BN5O3/c1-13(2)18-10-15-9-16(7-8-20(15)31-23(18)30)26-22-17(21(25)29)12-28(27-22)19-6-4-3-5-14(19)11-24/h7-10,12-14,19,30H,3-6H2,1-2H3,(H2,25,29)(H,26,27)/t14-,19+/m1/s1. The molecule has 1 saturated carbocycles. The predicted octanol–water partition coefficient (Wildman–Crippen LogP) is 3.43. The van der Waals surface area contributed by atoms with Crippen LogP contribution in [0.25, 0.3) is 6.08 Å². The Hall–Kier alpha value is -3.25. The van der Waals surface area contributed by atoms with Crippen LogP contribution in [0.1, 0.15) is 61.5 Å². The molecular formula is C22H26BN5O3. The first-order valence-electron chi connectivity index (χ1n) is 10.6. The number of hydrogen-bond acceptors (Lipinski definition) is 6. The molecule has 0 radical (unpaired) electrons. The quantitative estimate of drug-likeness (QED) is 0.638. The van der Waals surface area contributed by atoms with E-state index in [1.807, 2.05) is 26.0 Å². The van der Waals surface area contributed by atoms with Gasteiger partial charge in [0.05, 0.1) is 18.0 Å². The SMILES string of the molecule is CC(C)C1=Cc2cc(Nc3nn([C@H]4CCCC[C@@H]4C#N)cc3C(N)=O)ccc2OB1O. The van der Waals surface area contributed by atoms with Crippen molar-refractivity contribution in [1.82, 2.24) is 9.78 Å². The van der Waals surface area contributed by atoms with Gasteiger partial charge in [-0.2, -0.15) is 10.4 Å². The van der Waals surface area contributed by atoms with E-state index in [2.05, 4.69) is 16.5 Å². The van der Waals surface area contributed by atoms with Crippen LogP contribution in [0.4, 0.5) is 11.5 Å². The number of carbonyl (C=O) groups is 1. The second kappa shape index (κ2) is 8.48. The van der Waals surface area contributed by atoms with Crippen LogP contribution in [0.3, 0.4) is 0 Å². The molecule has 2 atom stereocenters. The number of anilines is 2. The van der Waals surface area contributed by atoms with Gasteiger partial charge < -0.3 is 20.7 Å². The molecule has 1 aliphatic heterocycles. The number of benzene rings is 1. The van der Waals surface area contributed by atoms with E-state index in [0.717, 1.165) is 36.7 Å². The van der Waals surface area contributed by atoms with Gasteiger partial charge in [-0.05, 0) is 42.4 Å². The molecule has 1 fully saturated rings. The van der Waals surface area contributed by atoms with Crippen LogP contribution in [0, 0.1) is 23.2 Å². The van der Waals surface area contributed by atoms with Gasteiger partial charge in [0.1, 0.15) is 11.3 Å². The highest BCUT2D eigenvalue weighted by atomic mass is 16.5. The minimum atomic E-state index is -0.952. The zero-order valence-electron chi connectivity index (χ0n) is 17.7. The summed E-state index contributed by atoms with van der Waals surface area (Å²) in [6, 6.07) is 7.75. The lowest BCUT2D eigenvalue weighted by molar-refractivity contribution is 0.100. The van der Waals surface area contributed by atoms with Crippen molar-refractivity contribution >= 4 is 30.6 Å². The van der Waals surface area contributed by atoms with Crippen molar-refractivity contribution in [2.24, 2.45) is 17.6 Å². The third-order valence-electron chi connectivity index (χ3n) is 6.02. The zero-order chi connectivity index (χ0) is 22.1. The number of nitrogens with zero attached hydrogens (tertiary/aromatic N) is 3. The third-order valence-corrected chi connectivity index (χ3v) is 6.02. The lowest BCUT2D eigenvalue weighted by Crippen LogP contribution is -2.30. The molecule has 0 saturated heterocycles. The number of nitriles is 1. The van der Waals surface area contributed by atoms with E-state index in [1.54, 1.807) is 23.0 Å². The number of allylic oxidation sites excluding steroid dienone is 1. The van der Waals surface area contributed by atoms with E-state index in [4.69, 9.17) is 10.4 Å². The van der Waals surface area contributed by atoms with Crippen LogP contribution in [0.2, 0.25) is 0 Å². The van der Waals surface area contributed by atoms with Gasteiger partial charge >= 0.3 is 7.12 Å². The summed E-state index contributed by atoms with van der Waals surface area (Å²) in [5.74, 6) is 0.376. The number of carbonyl (C=O) groups excluding carboxylic acids is 1. The summed E-state index contributed by atoms with van der Waals surface area (Å²) in [7, 11) is -0.952. The van der Waals surface area contributed by atoms with Gasteiger partial charge in [0, 0.05) is 17.4 Å². The van der Waals surface area contributed by atoms with E-state index in [0.29, 0.717) is 17.3 Å². The van der Waals surface area contributed by atoms with Crippen LogP contribution < -0.4 is 15.7 Å². The Morgan fingerprint density at radius 1 is 1.42 bits per heavy atom. The molecule has 0 bridgehead atoms. The fourth-order valence-corrected chi connectivity index (χ4v) is 4.29. The molecule has 4 N–H and O–H groups in total. The number of rotatable bonds is 5. The molecule has 2 aromatic rings. The number of hydrogen-bond donors (Lipinski definition) is 3. The molecule has 9 heteroatoms. The van der Waals surface area contributed by atoms with Crippen molar-refractivity contribution < 1.29 is 14.5 Å². The van der Waals surface area contributed by atoms with Gasteiger partial charge in [-0.25, -0.2) is 0 Å². The summed E-state index contributed by atoms with van der Waals surface area (Å²) in [6.45, 7) is 3.99. The molecule has 1 aromatic heterocycles. The van der Waals surface area contributed by atoms with Crippen LogP contribution >= 0.6 is 0 Å². The molecule has 0 spiro atoms. The van der Waals surface area contributed by atoms with Crippen LogP contribution in [-0.4, -0.2) is 27.8 Å². The largest absolute Gasteiger partial charge is 0.556 e. The fourth-order valence-electron chi connectivity index (χ4n) is 4.29. The monoisotopic (exact) mass is 419 g/mol. The van der Waals surface area contributed by atoms with E-state index >= 15 is 0 Å². The molecule has 1 amide bonds. The molecule has 0 unspecified atom stereocenters. The Morgan fingerprint density at radius 3 is 2.90 bits per heavy atom. The van der Waals surface area contributed by atoms with Crippen molar-refractivity contribution in [3.8, 4) is 11.8 Å². The van der Waals surface area contributed by atoms with Gasteiger partial charge in [-0.3, -0.25) is 9.48 Å². The lowest BCUT2D eigenvalue weighted by Gasteiger charge is -2.26. The normalized spacial score (nSPS) is 20.5. The smallest absolute Gasteiger partial charge is 0.532 e. The molecule has 31 heavy (non-hydrogen) atoms.